The highest BCUT2D eigenvalue weighted by Gasteiger charge is 1.97. The molecule has 66 valence electrons. The van der Waals surface area contributed by atoms with E-state index >= 15 is 0 Å². The van der Waals surface area contributed by atoms with Gasteiger partial charge in [-0.1, -0.05) is 12.2 Å². The third-order valence-electron chi connectivity index (χ3n) is 2.02. The van der Waals surface area contributed by atoms with Gasteiger partial charge in [0.05, 0.1) is 6.67 Å². The maximum Gasteiger partial charge on any atom is 0.0884 e. The Morgan fingerprint density at radius 2 is 2.42 bits per heavy atom. The van der Waals surface area contributed by atoms with Crippen LogP contribution in [0.1, 0.15) is 19.8 Å². The number of nitrogens with zero attached hydrogens (tertiary/aromatic N) is 1. The van der Waals surface area contributed by atoms with E-state index in [1.807, 2.05) is 12.3 Å². The summed E-state index contributed by atoms with van der Waals surface area (Å²) in [6.07, 6.45) is 6.11. The zero-order valence-corrected chi connectivity index (χ0v) is 7.64. The lowest BCUT2D eigenvalue weighted by Gasteiger charge is -2.07. The normalized spacial score (nSPS) is 20.4. The molecule has 2 nitrogen and oxygen atoms in total. The molecule has 2 heteroatoms. The van der Waals surface area contributed by atoms with Crippen LogP contribution in [0.15, 0.2) is 28.8 Å². The predicted octanol–water partition coefficient (Wildman–Crippen LogP) is 1.90. The molecule has 0 atom stereocenters. The van der Waals surface area contributed by atoms with Crippen molar-refractivity contribution in [3.63, 3.8) is 0 Å². The van der Waals surface area contributed by atoms with E-state index in [4.69, 9.17) is 0 Å². The molecule has 0 radical (unpaired) electrons. The highest BCUT2D eigenvalue weighted by atomic mass is 15.0. The van der Waals surface area contributed by atoms with Crippen molar-refractivity contribution in [2.75, 3.05) is 13.2 Å². The monoisotopic (exact) mass is 164 g/mol. The summed E-state index contributed by atoms with van der Waals surface area (Å²) in [5.74, 6) is 0. The van der Waals surface area contributed by atoms with Crippen molar-refractivity contribution in [3.8, 4) is 0 Å². The van der Waals surface area contributed by atoms with Crippen molar-refractivity contribution in [1.29, 1.82) is 0 Å². The average molecular weight is 164 g/mol. The Bertz CT molecular complexity index is 214. The van der Waals surface area contributed by atoms with Crippen LogP contribution in [0.3, 0.4) is 0 Å². The second kappa shape index (κ2) is 4.88. The lowest BCUT2D eigenvalue weighted by atomic mass is 10.0. The van der Waals surface area contributed by atoms with E-state index in [-0.39, 0.29) is 0 Å². The van der Waals surface area contributed by atoms with Gasteiger partial charge < -0.3 is 0 Å². The van der Waals surface area contributed by atoms with Crippen LogP contribution in [0.4, 0.5) is 0 Å². The van der Waals surface area contributed by atoms with Crippen molar-refractivity contribution >= 4 is 6.21 Å². The predicted molar refractivity (Wildman–Crippen MR) is 53.5 cm³/mol. The second-order valence-electron chi connectivity index (χ2n) is 3.05. The van der Waals surface area contributed by atoms with Crippen molar-refractivity contribution < 1.29 is 0 Å². The Balaban J connectivity index is 2.61. The summed E-state index contributed by atoms with van der Waals surface area (Å²) in [6.45, 7) is 7.86. The lowest BCUT2D eigenvalue weighted by molar-refractivity contribution is 0.662. The van der Waals surface area contributed by atoms with Gasteiger partial charge in [0.15, 0.2) is 0 Å². The van der Waals surface area contributed by atoms with Crippen LogP contribution >= 0.6 is 0 Å². The number of allylic oxidation sites excluding steroid dienone is 3. The first-order valence-corrected chi connectivity index (χ1v) is 4.36. The molecule has 0 unspecified atom stereocenters. The summed E-state index contributed by atoms with van der Waals surface area (Å²) >= 11 is 0. The fourth-order valence-corrected chi connectivity index (χ4v) is 1.10. The smallest absolute Gasteiger partial charge is 0.0884 e. The van der Waals surface area contributed by atoms with Crippen LogP contribution in [0.25, 0.3) is 0 Å². The van der Waals surface area contributed by atoms with Crippen molar-refractivity contribution in [2.24, 2.45) is 4.99 Å². The Morgan fingerprint density at radius 3 is 3.25 bits per heavy atom. The summed E-state index contributed by atoms with van der Waals surface area (Å²) in [4.78, 5) is 4.16. The fourth-order valence-electron chi connectivity index (χ4n) is 1.10. The zero-order chi connectivity index (χ0) is 8.81. The molecule has 12 heavy (non-hydrogen) atoms. The maximum absolute atomic E-state index is 4.16. The van der Waals surface area contributed by atoms with Crippen LogP contribution in [-0.2, 0) is 0 Å². The largest absolute Gasteiger partial charge is 0.298 e. The van der Waals surface area contributed by atoms with Crippen LogP contribution in [0.2, 0.25) is 0 Å². The summed E-state index contributed by atoms with van der Waals surface area (Å²) in [7, 11) is 0. The van der Waals surface area contributed by atoms with Gasteiger partial charge in [-0.25, -0.2) is 0 Å². The maximum atomic E-state index is 4.16. The molecule has 1 heterocycles. The molecule has 1 aliphatic heterocycles. The molecule has 0 bridgehead atoms. The molecule has 1 rings (SSSR count). The Labute approximate surface area is 74.1 Å². The van der Waals surface area contributed by atoms with Gasteiger partial charge in [0.1, 0.15) is 0 Å². The van der Waals surface area contributed by atoms with E-state index in [0.717, 1.165) is 26.1 Å². The first-order valence-electron chi connectivity index (χ1n) is 4.36. The third-order valence-corrected chi connectivity index (χ3v) is 2.02. The molecule has 1 aliphatic rings. The van der Waals surface area contributed by atoms with Crippen LogP contribution in [-0.4, -0.2) is 19.4 Å². The quantitative estimate of drug-likeness (QED) is 0.581. The van der Waals surface area contributed by atoms with Crippen molar-refractivity contribution in [2.45, 2.75) is 19.8 Å². The molecule has 0 aromatic heterocycles. The number of hydrogen-bond donors (Lipinski definition) is 1. The minimum Gasteiger partial charge on any atom is -0.298 e. The Hall–Kier alpha value is -0.890. The molecular weight excluding hydrogens is 148 g/mol. The second-order valence-corrected chi connectivity index (χ2v) is 3.05. The van der Waals surface area contributed by atoms with E-state index in [9.17, 15) is 0 Å². The summed E-state index contributed by atoms with van der Waals surface area (Å²) in [6, 6.07) is 0. The zero-order valence-electron chi connectivity index (χ0n) is 7.64. The molecule has 0 saturated carbocycles. The number of rotatable bonds is 0. The van der Waals surface area contributed by atoms with E-state index in [1.165, 1.54) is 11.1 Å². The van der Waals surface area contributed by atoms with Crippen LogP contribution < -0.4 is 5.32 Å². The van der Waals surface area contributed by atoms with E-state index in [2.05, 4.69) is 23.8 Å². The van der Waals surface area contributed by atoms with Gasteiger partial charge in [-0.3, -0.25) is 10.3 Å². The Morgan fingerprint density at radius 1 is 1.58 bits per heavy atom. The molecule has 0 aromatic carbocycles. The molecule has 0 saturated heterocycles. The van der Waals surface area contributed by atoms with Gasteiger partial charge in [0.2, 0.25) is 0 Å². The van der Waals surface area contributed by atoms with Crippen LogP contribution in [0, 0.1) is 0 Å². The highest BCUT2D eigenvalue weighted by molar-refractivity contribution is 5.73. The van der Waals surface area contributed by atoms with Crippen molar-refractivity contribution in [3.05, 3.63) is 23.8 Å². The fraction of sp³-hybridized carbons (Fsp3) is 0.500. The topological polar surface area (TPSA) is 24.4 Å². The summed E-state index contributed by atoms with van der Waals surface area (Å²) in [5, 5.41) is 3.22. The number of aliphatic imine (C=N–C) groups is 1. The van der Waals surface area contributed by atoms with Gasteiger partial charge in [0.25, 0.3) is 0 Å². The molecule has 0 amide bonds. The van der Waals surface area contributed by atoms with E-state index < -0.39 is 0 Å². The molecule has 0 spiro atoms. The van der Waals surface area contributed by atoms with Gasteiger partial charge in [-0.05, 0) is 38.0 Å². The van der Waals surface area contributed by atoms with Crippen molar-refractivity contribution in [1.82, 2.24) is 5.32 Å². The summed E-state index contributed by atoms with van der Waals surface area (Å²) in [5.41, 5.74) is 2.48. The third kappa shape index (κ3) is 3.01. The van der Waals surface area contributed by atoms with E-state index in [0.29, 0.717) is 0 Å². The number of hydrogen-bond acceptors (Lipinski definition) is 2. The first kappa shape index (κ1) is 9.20. The Kier molecular flexibility index (Phi) is 3.74. The minimum atomic E-state index is 0.732. The SMILES string of the molecule is C=C1CCCNCN=CC=C1C. The minimum absolute atomic E-state index is 0.732. The standard InChI is InChI=1S/C10H16N2/c1-9-4-3-6-11-8-12-7-5-10(9)2/h5,7,11H,1,3-4,6,8H2,2H3. The van der Waals surface area contributed by atoms with E-state index in [1.54, 1.807) is 0 Å². The van der Waals surface area contributed by atoms with Crippen LogP contribution in [0.5, 0.6) is 0 Å². The van der Waals surface area contributed by atoms with Gasteiger partial charge in [0, 0.05) is 6.21 Å². The van der Waals surface area contributed by atoms with Gasteiger partial charge in [-0.15, -0.1) is 0 Å². The van der Waals surface area contributed by atoms with Gasteiger partial charge >= 0.3 is 0 Å². The highest BCUT2D eigenvalue weighted by Crippen LogP contribution is 2.12. The average Bonchev–Trinajstić information content (AvgIpc) is 2.08. The molecule has 1 N–H and O–H groups in total. The number of nitrogens with one attached hydrogen (secondary N) is 1. The van der Waals surface area contributed by atoms with Gasteiger partial charge in [-0.2, -0.15) is 0 Å². The molecular formula is C10H16N2. The molecule has 0 fully saturated rings. The summed E-state index contributed by atoms with van der Waals surface area (Å²) < 4.78 is 0. The molecule has 0 aromatic rings. The lowest BCUT2D eigenvalue weighted by Crippen LogP contribution is -2.15. The first-order chi connectivity index (χ1) is 5.80. The molecule has 0 aliphatic carbocycles.